The molecule has 0 amide bonds. The number of nitrogens with zero attached hydrogens (tertiary/aromatic N) is 2. The van der Waals surface area contributed by atoms with Crippen LogP contribution in [0, 0.1) is 0 Å². The number of hydrogen-bond acceptors (Lipinski definition) is 5. The van der Waals surface area contributed by atoms with Gasteiger partial charge in [-0.05, 0) is 19.8 Å². The molecule has 0 radical (unpaired) electrons. The van der Waals surface area contributed by atoms with Gasteiger partial charge in [-0.25, -0.2) is 0 Å². The molecule has 0 saturated carbocycles. The summed E-state index contributed by atoms with van der Waals surface area (Å²) in [6.07, 6.45) is 5.24. The first-order chi connectivity index (χ1) is 8.60. The van der Waals surface area contributed by atoms with E-state index in [1.165, 1.54) is 12.8 Å². The zero-order valence-electron chi connectivity index (χ0n) is 11.7. The molecule has 5 heteroatoms. The molecule has 0 aliphatic heterocycles. The van der Waals surface area contributed by atoms with Crippen LogP contribution >= 0.6 is 0 Å². The molecule has 1 atom stereocenters. The number of nitrogens with two attached hydrogens (primary N) is 1. The van der Waals surface area contributed by atoms with Crippen molar-refractivity contribution in [1.82, 2.24) is 10.1 Å². The van der Waals surface area contributed by atoms with Crippen LogP contribution in [-0.4, -0.2) is 23.4 Å². The topological polar surface area (TPSA) is 74.2 Å². The molecule has 1 unspecified atom stereocenters. The minimum absolute atomic E-state index is 0.411. The van der Waals surface area contributed by atoms with Crippen molar-refractivity contribution in [2.75, 3.05) is 13.2 Å². The van der Waals surface area contributed by atoms with Crippen LogP contribution in [0.3, 0.4) is 0 Å². The fourth-order valence-corrected chi connectivity index (χ4v) is 1.61. The molecule has 0 aromatic carbocycles. The highest BCUT2D eigenvalue weighted by Gasteiger charge is 2.27. The molecule has 0 aliphatic rings. The molecule has 0 aliphatic carbocycles. The van der Waals surface area contributed by atoms with Crippen molar-refractivity contribution in [3.05, 3.63) is 11.7 Å². The Balaban J connectivity index is 2.49. The van der Waals surface area contributed by atoms with Gasteiger partial charge in [-0.2, -0.15) is 4.98 Å². The van der Waals surface area contributed by atoms with E-state index >= 15 is 0 Å². The van der Waals surface area contributed by atoms with Crippen molar-refractivity contribution in [2.45, 2.75) is 58.4 Å². The number of unbranched alkanes of at least 4 members (excludes halogenated alkanes) is 2. The summed E-state index contributed by atoms with van der Waals surface area (Å²) < 4.78 is 10.7. The van der Waals surface area contributed by atoms with Gasteiger partial charge in [0.05, 0.1) is 6.61 Å². The smallest absolute Gasteiger partial charge is 0.226 e. The third-order valence-electron chi connectivity index (χ3n) is 2.72. The standard InChI is InChI=1S/C13H25N3O2/c1-4-6-7-8-11-15-12(16-18-11)13(3,14)10-17-9-5-2/h4-10,14H2,1-3H3. The lowest BCUT2D eigenvalue weighted by Crippen LogP contribution is -2.39. The molecule has 1 heterocycles. The summed E-state index contributed by atoms with van der Waals surface area (Å²) in [5, 5.41) is 3.95. The zero-order chi connectivity index (χ0) is 13.4. The minimum atomic E-state index is -0.679. The highest BCUT2D eigenvalue weighted by atomic mass is 16.5. The van der Waals surface area contributed by atoms with Gasteiger partial charge < -0.3 is 15.0 Å². The second-order valence-electron chi connectivity index (χ2n) is 4.94. The van der Waals surface area contributed by atoms with Gasteiger partial charge in [-0.3, -0.25) is 0 Å². The Morgan fingerprint density at radius 2 is 2.06 bits per heavy atom. The van der Waals surface area contributed by atoms with E-state index in [1.54, 1.807) is 0 Å². The maximum atomic E-state index is 6.14. The average Bonchev–Trinajstić information content (AvgIpc) is 2.79. The summed E-state index contributed by atoms with van der Waals surface area (Å²) in [5.41, 5.74) is 5.46. The molecule has 5 nitrogen and oxygen atoms in total. The molecule has 1 rings (SSSR count). The lowest BCUT2D eigenvalue weighted by atomic mass is 10.1. The number of aromatic nitrogens is 2. The lowest BCUT2D eigenvalue weighted by Gasteiger charge is -2.19. The maximum Gasteiger partial charge on any atom is 0.226 e. The van der Waals surface area contributed by atoms with Crippen LogP contribution in [0.25, 0.3) is 0 Å². The normalized spacial score (nSPS) is 14.7. The van der Waals surface area contributed by atoms with E-state index in [0.29, 0.717) is 24.9 Å². The van der Waals surface area contributed by atoms with Crippen LogP contribution in [0.15, 0.2) is 4.52 Å². The van der Waals surface area contributed by atoms with Crippen LogP contribution in [-0.2, 0) is 16.7 Å². The molecular formula is C13H25N3O2. The van der Waals surface area contributed by atoms with Gasteiger partial charge >= 0.3 is 0 Å². The Morgan fingerprint density at radius 1 is 1.28 bits per heavy atom. The van der Waals surface area contributed by atoms with Crippen molar-refractivity contribution in [2.24, 2.45) is 5.73 Å². The van der Waals surface area contributed by atoms with Crippen molar-refractivity contribution in [1.29, 1.82) is 0 Å². The van der Waals surface area contributed by atoms with Crippen molar-refractivity contribution >= 4 is 0 Å². The predicted octanol–water partition coefficient (Wildman–Crippen LogP) is 2.40. The van der Waals surface area contributed by atoms with Crippen molar-refractivity contribution in [3.63, 3.8) is 0 Å². The molecule has 1 aromatic rings. The number of hydrogen-bond donors (Lipinski definition) is 1. The van der Waals surface area contributed by atoms with E-state index in [-0.39, 0.29) is 0 Å². The fourth-order valence-electron chi connectivity index (χ4n) is 1.61. The Kier molecular flexibility index (Phi) is 6.29. The van der Waals surface area contributed by atoms with E-state index in [4.69, 9.17) is 15.0 Å². The van der Waals surface area contributed by atoms with Crippen molar-refractivity contribution in [3.8, 4) is 0 Å². The predicted molar refractivity (Wildman–Crippen MR) is 70.2 cm³/mol. The van der Waals surface area contributed by atoms with Crippen LogP contribution in [0.4, 0.5) is 0 Å². The van der Waals surface area contributed by atoms with Crippen LogP contribution < -0.4 is 5.73 Å². The zero-order valence-corrected chi connectivity index (χ0v) is 11.7. The SMILES string of the molecule is CCCCCc1nc(C(C)(N)COCCC)no1. The number of aryl methyl sites for hydroxylation is 1. The molecule has 1 aromatic heterocycles. The average molecular weight is 255 g/mol. The van der Waals surface area contributed by atoms with Gasteiger partial charge in [-0.15, -0.1) is 0 Å². The van der Waals surface area contributed by atoms with Gasteiger partial charge in [-0.1, -0.05) is 31.8 Å². The molecule has 0 spiro atoms. The molecule has 0 saturated heterocycles. The lowest BCUT2D eigenvalue weighted by molar-refractivity contribution is 0.0867. The van der Waals surface area contributed by atoms with Crippen molar-refractivity contribution < 1.29 is 9.26 Å². The van der Waals surface area contributed by atoms with E-state index in [9.17, 15) is 0 Å². The Morgan fingerprint density at radius 3 is 2.72 bits per heavy atom. The van der Waals surface area contributed by atoms with Gasteiger partial charge in [0.1, 0.15) is 5.54 Å². The van der Waals surface area contributed by atoms with Gasteiger partial charge in [0.2, 0.25) is 5.89 Å². The Labute approximate surface area is 109 Å². The Hall–Kier alpha value is -0.940. The molecular weight excluding hydrogens is 230 g/mol. The largest absolute Gasteiger partial charge is 0.379 e. The fraction of sp³-hybridized carbons (Fsp3) is 0.846. The molecule has 0 bridgehead atoms. The molecule has 104 valence electrons. The van der Waals surface area contributed by atoms with Crippen LogP contribution in [0.1, 0.15) is 58.2 Å². The molecule has 18 heavy (non-hydrogen) atoms. The van der Waals surface area contributed by atoms with Crippen LogP contribution in [0.2, 0.25) is 0 Å². The maximum absolute atomic E-state index is 6.14. The highest BCUT2D eigenvalue weighted by molar-refractivity contribution is 5.01. The quantitative estimate of drug-likeness (QED) is 0.686. The van der Waals surface area contributed by atoms with Crippen LogP contribution in [0.5, 0.6) is 0 Å². The second kappa shape index (κ2) is 7.48. The number of rotatable bonds is 9. The molecule has 0 fully saturated rings. The summed E-state index contributed by atoms with van der Waals surface area (Å²) in [6, 6.07) is 0. The summed E-state index contributed by atoms with van der Waals surface area (Å²) in [4.78, 5) is 4.35. The van der Waals surface area contributed by atoms with E-state index in [2.05, 4.69) is 24.0 Å². The number of ether oxygens (including phenoxy) is 1. The van der Waals surface area contributed by atoms with Gasteiger partial charge in [0.25, 0.3) is 0 Å². The monoisotopic (exact) mass is 255 g/mol. The first kappa shape index (κ1) is 15.1. The third-order valence-corrected chi connectivity index (χ3v) is 2.72. The first-order valence-electron chi connectivity index (χ1n) is 6.79. The van der Waals surface area contributed by atoms with E-state index in [0.717, 1.165) is 19.3 Å². The second-order valence-corrected chi connectivity index (χ2v) is 4.94. The summed E-state index contributed by atoms with van der Waals surface area (Å²) in [5.74, 6) is 1.20. The molecule has 2 N–H and O–H groups in total. The Bertz CT molecular complexity index is 337. The minimum Gasteiger partial charge on any atom is -0.379 e. The highest BCUT2D eigenvalue weighted by Crippen LogP contribution is 2.16. The van der Waals surface area contributed by atoms with E-state index in [1.807, 2.05) is 6.92 Å². The third kappa shape index (κ3) is 4.74. The summed E-state index contributed by atoms with van der Waals surface area (Å²) in [7, 11) is 0. The summed E-state index contributed by atoms with van der Waals surface area (Å²) >= 11 is 0. The van der Waals surface area contributed by atoms with Gasteiger partial charge in [0, 0.05) is 13.0 Å². The summed E-state index contributed by atoms with van der Waals surface area (Å²) in [6.45, 7) is 7.21. The first-order valence-corrected chi connectivity index (χ1v) is 6.79. The van der Waals surface area contributed by atoms with Gasteiger partial charge in [0.15, 0.2) is 5.82 Å². The van der Waals surface area contributed by atoms with E-state index < -0.39 is 5.54 Å².